The number of fused-ring (bicyclic) bond motifs is 1. The van der Waals surface area contributed by atoms with Crippen molar-refractivity contribution in [3.05, 3.63) is 27.7 Å². The second-order valence-corrected chi connectivity index (χ2v) is 4.96. The van der Waals surface area contributed by atoms with E-state index in [-0.39, 0.29) is 0 Å². The lowest BCUT2D eigenvalue weighted by atomic mass is 10.3. The number of hydrogen-bond acceptors (Lipinski definition) is 5. The van der Waals surface area contributed by atoms with Crippen molar-refractivity contribution >= 4 is 11.3 Å². The molecular formula is C10H13N5S. The van der Waals surface area contributed by atoms with Crippen molar-refractivity contribution in [2.24, 2.45) is 0 Å². The quantitative estimate of drug-likeness (QED) is 0.834. The van der Waals surface area contributed by atoms with Crippen LogP contribution in [0.15, 0.2) is 5.38 Å². The molecule has 1 N–H and O–H groups in total. The molecule has 0 aliphatic carbocycles. The highest BCUT2D eigenvalue weighted by atomic mass is 32.1. The molecule has 1 aliphatic rings. The van der Waals surface area contributed by atoms with Gasteiger partial charge in [0.05, 0.1) is 23.7 Å². The van der Waals surface area contributed by atoms with Crippen LogP contribution in [0.1, 0.15) is 22.4 Å². The number of hydrogen-bond donors (Lipinski definition) is 1. The fourth-order valence-electron chi connectivity index (χ4n) is 1.93. The van der Waals surface area contributed by atoms with E-state index in [4.69, 9.17) is 0 Å². The molecule has 84 valence electrons. The first-order valence-electron chi connectivity index (χ1n) is 5.35. The maximum atomic E-state index is 4.46. The predicted molar refractivity (Wildman–Crippen MR) is 61.4 cm³/mol. The predicted octanol–water partition coefficient (Wildman–Crippen LogP) is 0.737. The summed E-state index contributed by atoms with van der Waals surface area (Å²) < 4.78 is 2.20. The van der Waals surface area contributed by atoms with E-state index in [0.717, 1.165) is 48.4 Å². The van der Waals surface area contributed by atoms with E-state index in [1.165, 1.54) is 0 Å². The first-order valence-corrected chi connectivity index (χ1v) is 6.23. The summed E-state index contributed by atoms with van der Waals surface area (Å²) in [6, 6.07) is 0. The number of aromatic nitrogens is 4. The second-order valence-electron chi connectivity index (χ2n) is 3.90. The maximum absolute atomic E-state index is 4.46. The average Bonchev–Trinajstić information content (AvgIpc) is 2.87. The van der Waals surface area contributed by atoms with E-state index >= 15 is 0 Å². The number of thiazole rings is 1. The topological polar surface area (TPSA) is 55.6 Å². The molecule has 16 heavy (non-hydrogen) atoms. The van der Waals surface area contributed by atoms with Crippen molar-refractivity contribution in [1.29, 1.82) is 0 Å². The van der Waals surface area contributed by atoms with Gasteiger partial charge in [0.2, 0.25) is 0 Å². The third-order valence-corrected chi connectivity index (χ3v) is 3.53. The van der Waals surface area contributed by atoms with E-state index in [1.54, 1.807) is 11.3 Å². The lowest BCUT2D eigenvalue weighted by Gasteiger charge is -2.15. The second kappa shape index (κ2) is 3.95. The lowest BCUT2D eigenvalue weighted by molar-refractivity contribution is 0.495. The Labute approximate surface area is 97.5 Å². The lowest BCUT2D eigenvalue weighted by Crippen LogP contribution is -2.29. The summed E-state index contributed by atoms with van der Waals surface area (Å²) in [5.41, 5.74) is 1.09. The molecule has 0 unspecified atom stereocenters. The molecule has 0 fully saturated rings. The number of rotatable bonds is 2. The summed E-state index contributed by atoms with van der Waals surface area (Å²) in [6.07, 6.45) is 0.789. The van der Waals surface area contributed by atoms with Gasteiger partial charge >= 0.3 is 0 Å². The van der Waals surface area contributed by atoms with E-state index < -0.39 is 0 Å². The van der Waals surface area contributed by atoms with E-state index in [9.17, 15) is 0 Å². The molecule has 6 heteroatoms. The van der Waals surface area contributed by atoms with Gasteiger partial charge in [-0.1, -0.05) is 0 Å². The molecule has 3 rings (SSSR count). The number of nitrogens with one attached hydrogen (secondary N) is 1. The van der Waals surface area contributed by atoms with Crippen LogP contribution in [0.4, 0.5) is 0 Å². The summed E-state index contributed by atoms with van der Waals surface area (Å²) in [4.78, 5) is 4.46. The Morgan fingerprint density at radius 3 is 3.25 bits per heavy atom. The average molecular weight is 235 g/mol. The highest BCUT2D eigenvalue weighted by molar-refractivity contribution is 7.09. The van der Waals surface area contributed by atoms with Crippen LogP contribution in [0.2, 0.25) is 0 Å². The molecular weight excluding hydrogens is 222 g/mol. The van der Waals surface area contributed by atoms with Gasteiger partial charge in [-0.15, -0.1) is 21.5 Å². The van der Waals surface area contributed by atoms with Crippen LogP contribution in [0.5, 0.6) is 0 Å². The van der Waals surface area contributed by atoms with Gasteiger partial charge < -0.3 is 9.88 Å². The van der Waals surface area contributed by atoms with Crippen LogP contribution in [0, 0.1) is 6.92 Å². The standard InChI is InChI=1S/C10H13N5S/c1-7-12-8(6-16-7)4-9-13-14-10-5-11-2-3-15(9)10/h6,11H,2-5H2,1H3. The van der Waals surface area contributed by atoms with Gasteiger partial charge in [0.25, 0.3) is 0 Å². The summed E-state index contributed by atoms with van der Waals surface area (Å²) >= 11 is 1.68. The van der Waals surface area contributed by atoms with Gasteiger partial charge in [-0.3, -0.25) is 0 Å². The van der Waals surface area contributed by atoms with Gasteiger partial charge in [-0.2, -0.15) is 0 Å². The third-order valence-electron chi connectivity index (χ3n) is 2.71. The molecule has 2 aromatic heterocycles. The fraction of sp³-hybridized carbons (Fsp3) is 0.500. The largest absolute Gasteiger partial charge is 0.312 e. The Balaban J connectivity index is 1.87. The van der Waals surface area contributed by atoms with Gasteiger partial charge in [0, 0.05) is 18.5 Å². The Kier molecular flexibility index (Phi) is 2.45. The smallest absolute Gasteiger partial charge is 0.147 e. The molecule has 1 aliphatic heterocycles. The monoisotopic (exact) mass is 235 g/mol. The maximum Gasteiger partial charge on any atom is 0.147 e. The zero-order valence-electron chi connectivity index (χ0n) is 9.10. The molecule has 3 heterocycles. The van der Waals surface area contributed by atoms with E-state index in [2.05, 4.69) is 30.4 Å². The Hall–Kier alpha value is -1.27. The molecule has 0 spiro atoms. The Morgan fingerprint density at radius 1 is 1.50 bits per heavy atom. The SMILES string of the molecule is Cc1nc(Cc2nnc3n2CCNC3)cs1. The minimum atomic E-state index is 0.789. The van der Waals surface area contributed by atoms with Crippen molar-refractivity contribution in [2.75, 3.05) is 6.54 Å². The molecule has 0 amide bonds. The third kappa shape index (κ3) is 1.74. The Bertz CT molecular complexity index is 501. The summed E-state index contributed by atoms with van der Waals surface area (Å²) in [6.45, 7) is 4.80. The summed E-state index contributed by atoms with van der Waals surface area (Å²) in [5.74, 6) is 2.06. The molecule has 0 radical (unpaired) electrons. The molecule has 0 saturated heterocycles. The van der Waals surface area contributed by atoms with Crippen molar-refractivity contribution < 1.29 is 0 Å². The highest BCUT2D eigenvalue weighted by Gasteiger charge is 2.15. The van der Waals surface area contributed by atoms with Crippen molar-refractivity contribution in [3.8, 4) is 0 Å². The molecule has 0 atom stereocenters. The normalized spacial score (nSPS) is 15.1. The van der Waals surface area contributed by atoms with Crippen LogP contribution in [0.25, 0.3) is 0 Å². The molecule has 0 aromatic carbocycles. The van der Waals surface area contributed by atoms with Crippen LogP contribution in [-0.2, 0) is 19.5 Å². The Morgan fingerprint density at radius 2 is 2.44 bits per heavy atom. The highest BCUT2D eigenvalue weighted by Crippen LogP contribution is 2.13. The van der Waals surface area contributed by atoms with Crippen LogP contribution in [0.3, 0.4) is 0 Å². The fourth-order valence-corrected chi connectivity index (χ4v) is 2.55. The first-order chi connectivity index (χ1) is 7.83. The van der Waals surface area contributed by atoms with Crippen molar-refractivity contribution in [3.63, 3.8) is 0 Å². The van der Waals surface area contributed by atoms with Gasteiger partial charge in [0.15, 0.2) is 0 Å². The van der Waals surface area contributed by atoms with Crippen molar-refractivity contribution in [2.45, 2.75) is 26.4 Å². The number of nitrogens with zero attached hydrogens (tertiary/aromatic N) is 4. The molecule has 2 aromatic rings. The van der Waals surface area contributed by atoms with Crippen LogP contribution < -0.4 is 5.32 Å². The molecule has 0 saturated carbocycles. The summed E-state index contributed by atoms with van der Waals surface area (Å²) in [7, 11) is 0. The van der Waals surface area contributed by atoms with Gasteiger partial charge in [0.1, 0.15) is 11.6 Å². The number of aryl methyl sites for hydroxylation is 1. The van der Waals surface area contributed by atoms with Crippen molar-refractivity contribution in [1.82, 2.24) is 25.1 Å². The molecule has 5 nitrogen and oxygen atoms in total. The minimum Gasteiger partial charge on any atom is -0.312 e. The zero-order chi connectivity index (χ0) is 11.0. The van der Waals surface area contributed by atoms with Crippen LogP contribution in [-0.4, -0.2) is 26.3 Å². The zero-order valence-corrected chi connectivity index (χ0v) is 9.92. The summed E-state index contributed by atoms with van der Waals surface area (Å²) in [5, 5.41) is 14.9. The van der Waals surface area contributed by atoms with Gasteiger partial charge in [-0.05, 0) is 6.92 Å². The van der Waals surface area contributed by atoms with Crippen LogP contribution >= 0.6 is 11.3 Å². The van der Waals surface area contributed by atoms with Gasteiger partial charge in [-0.25, -0.2) is 4.98 Å². The first kappa shape index (κ1) is 9.92. The molecule has 0 bridgehead atoms. The van der Waals surface area contributed by atoms with E-state index in [0.29, 0.717) is 0 Å². The minimum absolute atomic E-state index is 0.789. The van der Waals surface area contributed by atoms with E-state index in [1.807, 2.05) is 6.92 Å².